The minimum atomic E-state index is -4.92. The van der Waals surface area contributed by atoms with Gasteiger partial charge in [-0.1, -0.05) is 18.2 Å². The minimum Gasteiger partial charge on any atom is -0.350 e. The summed E-state index contributed by atoms with van der Waals surface area (Å²) in [5.41, 5.74) is -0.621. The van der Waals surface area contributed by atoms with Gasteiger partial charge in [-0.3, -0.25) is 9.48 Å². The Balaban J connectivity index is 1.78. The number of nitrogens with one attached hydrogen (secondary N) is 1. The Hall–Kier alpha value is -3.24. The van der Waals surface area contributed by atoms with E-state index in [1.807, 2.05) is 26.8 Å². The van der Waals surface area contributed by atoms with Crippen molar-refractivity contribution >= 4 is 5.91 Å². The molecular formula is C19H20F4N6O. The fraction of sp³-hybridized carbons (Fsp3) is 0.368. The number of alkyl halides is 3. The third-order valence-electron chi connectivity index (χ3n) is 4.41. The van der Waals surface area contributed by atoms with Crippen LogP contribution in [0.25, 0.3) is 5.69 Å². The van der Waals surface area contributed by atoms with E-state index in [-0.39, 0.29) is 18.2 Å². The van der Waals surface area contributed by atoms with Crippen molar-refractivity contribution in [3.8, 4) is 5.69 Å². The SMILES string of the molecule is Cc1cc(C)n(CC(C)CNC(=O)c2nnn(-c3cccc(F)c3)c2C(F)(F)F)n1. The summed E-state index contributed by atoms with van der Waals surface area (Å²) in [6.07, 6.45) is -4.92. The van der Waals surface area contributed by atoms with Gasteiger partial charge in [0.15, 0.2) is 11.4 Å². The van der Waals surface area contributed by atoms with Crippen molar-refractivity contribution in [2.75, 3.05) is 6.54 Å². The zero-order valence-corrected chi connectivity index (χ0v) is 16.5. The first-order valence-electron chi connectivity index (χ1n) is 9.14. The van der Waals surface area contributed by atoms with Crippen molar-refractivity contribution < 1.29 is 22.4 Å². The van der Waals surface area contributed by atoms with E-state index in [1.165, 1.54) is 12.1 Å². The Morgan fingerprint density at radius 1 is 1.23 bits per heavy atom. The summed E-state index contributed by atoms with van der Waals surface area (Å²) < 4.78 is 56.5. The summed E-state index contributed by atoms with van der Waals surface area (Å²) in [6, 6.07) is 6.36. The van der Waals surface area contributed by atoms with Gasteiger partial charge in [-0.25, -0.2) is 9.07 Å². The second-order valence-electron chi connectivity index (χ2n) is 7.10. The molecule has 1 unspecified atom stereocenters. The molecule has 160 valence electrons. The molecule has 2 heterocycles. The van der Waals surface area contributed by atoms with Gasteiger partial charge in [-0.15, -0.1) is 5.10 Å². The van der Waals surface area contributed by atoms with Crippen LogP contribution in [0.5, 0.6) is 0 Å². The van der Waals surface area contributed by atoms with Crippen molar-refractivity contribution in [1.82, 2.24) is 30.1 Å². The number of amides is 1. The fourth-order valence-electron chi connectivity index (χ4n) is 3.05. The molecular weight excluding hydrogens is 404 g/mol. The van der Waals surface area contributed by atoms with Crippen LogP contribution in [0.2, 0.25) is 0 Å². The quantitative estimate of drug-likeness (QED) is 0.616. The number of carbonyl (C=O) groups excluding carboxylic acids is 1. The van der Waals surface area contributed by atoms with Crippen LogP contribution >= 0.6 is 0 Å². The van der Waals surface area contributed by atoms with Gasteiger partial charge in [-0.05, 0) is 44.0 Å². The molecule has 2 aromatic heterocycles. The molecule has 0 saturated heterocycles. The maximum atomic E-state index is 13.6. The molecule has 0 spiro atoms. The molecule has 0 radical (unpaired) electrons. The van der Waals surface area contributed by atoms with E-state index in [0.29, 0.717) is 11.2 Å². The van der Waals surface area contributed by atoms with E-state index in [9.17, 15) is 22.4 Å². The summed E-state index contributed by atoms with van der Waals surface area (Å²) in [7, 11) is 0. The number of carbonyl (C=O) groups is 1. The van der Waals surface area contributed by atoms with Gasteiger partial charge in [0.1, 0.15) is 5.82 Å². The van der Waals surface area contributed by atoms with Crippen LogP contribution in [-0.2, 0) is 12.7 Å². The number of hydrogen-bond acceptors (Lipinski definition) is 4. The number of benzene rings is 1. The summed E-state index contributed by atoms with van der Waals surface area (Å²) in [4.78, 5) is 12.4. The highest BCUT2D eigenvalue weighted by molar-refractivity contribution is 5.93. The van der Waals surface area contributed by atoms with Crippen LogP contribution in [0.15, 0.2) is 30.3 Å². The van der Waals surface area contributed by atoms with E-state index in [1.54, 1.807) is 4.68 Å². The number of nitrogens with zero attached hydrogens (tertiary/aromatic N) is 5. The van der Waals surface area contributed by atoms with Crippen LogP contribution in [-0.4, -0.2) is 37.2 Å². The zero-order chi connectivity index (χ0) is 22.1. The normalized spacial score (nSPS) is 12.8. The van der Waals surface area contributed by atoms with Gasteiger partial charge in [0.05, 0.1) is 11.4 Å². The van der Waals surface area contributed by atoms with E-state index >= 15 is 0 Å². The number of hydrogen-bond donors (Lipinski definition) is 1. The maximum absolute atomic E-state index is 13.6. The lowest BCUT2D eigenvalue weighted by Crippen LogP contribution is -2.32. The number of halogens is 4. The summed E-state index contributed by atoms with van der Waals surface area (Å²) >= 11 is 0. The highest BCUT2D eigenvalue weighted by Gasteiger charge is 2.42. The Morgan fingerprint density at radius 2 is 1.97 bits per heavy atom. The summed E-state index contributed by atoms with van der Waals surface area (Å²) in [5, 5.41) is 13.6. The average Bonchev–Trinajstić information content (AvgIpc) is 3.23. The molecule has 0 aliphatic rings. The van der Waals surface area contributed by atoms with Crippen molar-refractivity contribution in [3.63, 3.8) is 0 Å². The Morgan fingerprint density at radius 3 is 2.57 bits per heavy atom. The van der Waals surface area contributed by atoms with Crippen molar-refractivity contribution in [2.24, 2.45) is 5.92 Å². The highest BCUT2D eigenvalue weighted by Crippen LogP contribution is 2.32. The van der Waals surface area contributed by atoms with Gasteiger partial charge in [0.2, 0.25) is 0 Å². The smallest absolute Gasteiger partial charge is 0.350 e. The predicted molar refractivity (Wildman–Crippen MR) is 99.5 cm³/mol. The first-order chi connectivity index (χ1) is 14.1. The van der Waals surface area contributed by atoms with Crippen LogP contribution in [0.3, 0.4) is 0 Å². The molecule has 7 nitrogen and oxygen atoms in total. The standard InChI is InChI=1S/C19H20F4N6O/c1-11(10-28-13(3)7-12(2)26-28)9-24-18(30)16-17(19(21,22)23)29(27-25-16)15-6-4-5-14(20)8-15/h4-8,11H,9-10H2,1-3H3,(H,24,30). The zero-order valence-electron chi connectivity index (χ0n) is 16.5. The molecule has 0 saturated carbocycles. The lowest BCUT2D eigenvalue weighted by atomic mass is 10.1. The van der Waals surface area contributed by atoms with E-state index < -0.39 is 29.3 Å². The van der Waals surface area contributed by atoms with Crippen LogP contribution in [0.4, 0.5) is 17.6 Å². The van der Waals surface area contributed by atoms with Gasteiger partial charge < -0.3 is 5.32 Å². The lowest BCUT2D eigenvalue weighted by Gasteiger charge is -2.14. The third kappa shape index (κ3) is 4.66. The average molecular weight is 424 g/mol. The Labute approximate surface area is 169 Å². The third-order valence-corrected chi connectivity index (χ3v) is 4.41. The second kappa shape index (κ2) is 8.25. The number of aryl methyl sites for hydroxylation is 2. The van der Waals surface area contributed by atoms with Gasteiger partial charge >= 0.3 is 6.18 Å². The molecule has 3 aromatic rings. The molecule has 1 atom stereocenters. The van der Waals surface area contributed by atoms with Crippen LogP contribution in [0.1, 0.15) is 34.5 Å². The van der Waals surface area contributed by atoms with Crippen LogP contribution < -0.4 is 5.32 Å². The van der Waals surface area contributed by atoms with E-state index in [2.05, 4.69) is 20.7 Å². The molecule has 1 amide bonds. The largest absolute Gasteiger partial charge is 0.435 e. The first kappa shape index (κ1) is 21.5. The minimum absolute atomic E-state index is 0.0976. The van der Waals surface area contributed by atoms with Gasteiger partial charge in [0.25, 0.3) is 5.91 Å². The molecule has 1 N–H and O–H groups in total. The predicted octanol–water partition coefficient (Wildman–Crippen LogP) is 3.30. The molecule has 0 bridgehead atoms. The lowest BCUT2D eigenvalue weighted by molar-refractivity contribution is -0.143. The monoisotopic (exact) mass is 424 g/mol. The van der Waals surface area contributed by atoms with E-state index in [4.69, 9.17) is 0 Å². The molecule has 0 aliphatic carbocycles. The maximum Gasteiger partial charge on any atom is 0.435 e. The first-order valence-corrected chi connectivity index (χ1v) is 9.14. The molecule has 1 aromatic carbocycles. The number of aromatic nitrogens is 5. The Bertz CT molecular complexity index is 1060. The topological polar surface area (TPSA) is 77.6 Å². The molecule has 11 heteroatoms. The molecule has 3 rings (SSSR count). The molecule has 0 aliphatic heterocycles. The Kier molecular flexibility index (Phi) is 5.90. The number of rotatable bonds is 6. The fourth-order valence-corrected chi connectivity index (χ4v) is 3.05. The van der Waals surface area contributed by atoms with Crippen molar-refractivity contribution in [1.29, 1.82) is 0 Å². The van der Waals surface area contributed by atoms with Crippen LogP contribution in [0, 0.1) is 25.6 Å². The second-order valence-corrected chi connectivity index (χ2v) is 7.10. The van der Waals surface area contributed by atoms with Gasteiger partial charge in [-0.2, -0.15) is 18.3 Å². The van der Waals surface area contributed by atoms with Crippen molar-refractivity contribution in [2.45, 2.75) is 33.5 Å². The van der Waals surface area contributed by atoms with Crippen molar-refractivity contribution in [3.05, 3.63) is 58.9 Å². The van der Waals surface area contributed by atoms with Gasteiger partial charge in [0, 0.05) is 18.8 Å². The molecule has 30 heavy (non-hydrogen) atoms. The summed E-state index contributed by atoms with van der Waals surface area (Å²) in [6.45, 7) is 6.19. The molecule has 0 fully saturated rings. The summed E-state index contributed by atoms with van der Waals surface area (Å²) in [5.74, 6) is -1.84. The highest BCUT2D eigenvalue weighted by atomic mass is 19.4. The van der Waals surface area contributed by atoms with E-state index in [0.717, 1.165) is 23.5 Å².